The summed E-state index contributed by atoms with van der Waals surface area (Å²) in [6.07, 6.45) is 0.449. The lowest BCUT2D eigenvalue weighted by Gasteiger charge is -2.30. The first-order chi connectivity index (χ1) is 10.6. The van der Waals surface area contributed by atoms with E-state index in [-0.39, 0.29) is 24.7 Å². The number of benzene rings is 2. The molecular weight excluding hydrogens is 287 g/mol. The van der Waals surface area contributed by atoms with E-state index in [4.69, 9.17) is 0 Å². The van der Waals surface area contributed by atoms with Gasteiger partial charge >= 0.3 is 0 Å². The third kappa shape index (κ3) is 1.60. The highest BCUT2D eigenvalue weighted by Gasteiger charge is 2.40. The zero-order valence-electron chi connectivity index (χ0n) is 11.4. The van der Waals surface area contributed by atoms with Gasteiger partial charge in [0.25, 0.3) is 5.91 Å². The number of amides is 3. The van der Waals surface area contributed by atoms with Crippen molar-refractivity contribution in [3.8, 4) is 0 Å². The van der Waals surface area contributed by atoms with Crippen LogP contribution in [0.1, 0.15) is 23.2 Å². The Morgan fingerprint density at radius 1 is 1.14 bits per heavy atom. The zero-order chi connectivity index (χ0) is 15.4. The smallest absolute Gasteiger partial charge is 0.259 e. The van der Waals surface area contributed by atoms with Crippen LogP contribution < -0.4 is 10.2 Å². The molecule has 2 heterocycles. The normalized spacial score (nSPS) is 20.7. The number of rotatable bonds is 1. The Hall–Kier alpha value is -2.76. The molecule has 0 saturated carbocycles. The van der Waals surface area contributed by atoms with Crippen molar-refractivity contribution in [1.82, 2.24) is 5.32 Å². The van der Waals surface area contributed by atoms with E-state index in [1.165, 1.54) is 17.0 Å². The van der Waals surface area contributed by atoms with Crippen molar-refractivity contribution in [2.75, 3.05) is 4.90 Å². The predicted molar refractivity (Wildman–Crippen MR) is 76.9 cm³/mol. The quantitative estimate of drug-likeness (QED) is 0.816. The maximum Gasteiger partial charge on any atom is 0.259 e. The van der Waals surface area contributed by atoms with E-state index in [0.717, 1.165) is 0 Å². The van der Waals surface area contributed by atoms with Crippen LogP contribution in [0.2, 0.25) is 0 Å². The summed E-state index contributed by atoms with van der Waals surface area (Å²) in [5.41, 5.74) is 0.906. The second-order valence-corrected chi connectivity index (χ2v) is 5.44. The summed E-state index contributed by atoms with van der Waals surface area (Å²) in [6, 6.07) is 6.91. The summed E-state index contributed by atoms with van der Waals surface area (Å²) in [5.74, 6) is -1.57. The van der Waals surface area contributed by atoms with Gasteiger partial charge in [-0.25, -0.2) is 4.39 Å². The maximum absolute atomic E-state index is 13.9. The molecule has 2 aromatic rings. The highest BCUT2D eigenvalue weighted by molar-refractivity contribution is 6.27. The lowest BCUT2D eigenvalue weighted by Crippen LogP contribution is -2.53. The van der Waals surface area contributed by atoms with Crippen LogP contribution in [0.25, 0.3) is 10.8 Å². The van der Waals surface area contributed by atoms with Crippen molar-refractivity contribution in [3.05, 3.63) is 41.7 Å². The topological polar surface area (TPSA) is 66.5 Å². The third-order valence-corrected chi connectivity index (χ3v) is 4.20. The molecule has 110 valence electrons. The minimum atomic E-state index is -0.744. The molecule has 1 fully saturated rings. The highest BCUT2D eigenvalue weighted by atomic mass is 19.1. The van der Waals surface area contributed by atoms with Crippen LogP contribution in [0.5, 0.6) is 0 Å². The van der Waals surface area contributed by atoms with Crippen molar-refractivity contribution >= 4 is 34.2 Å². The highest BCUT2D eigenvalue weighted by Crippen LogP contribution is 2.40. The van der Waals surface area contributed by atoms with Crippen LogP contribution in [-0.4, -0.2) is 23.8 Å². The van der Waals surface area contributed by atoms with Gasteiger partial charge in [0.1, 0.15) is 11.9 Å². The van der Waals surface area contributed by atoms with Gasteiger partial charge in [0.15, 0.2) is 0 Å². The number of halogens is 1. The number of hydrogen-bond donors (Lipinski definition) is 1. The lowest BCUT2D eigenvalue weighted by atomic mass is 10.0. The van der Waals surface area contributed by atoms with Crippen molar-refractivity contribution in [3.63, 3.8) is 0 Å². The van der Waals surface area contributed by atoms with Crippen LogP contribution >= 0.6 is 0 Å². The standard InChI is InChI=1S/C16H11FN2O3/c17-10-4-5-11-14-8(10)2-1-3-9(14)16(22)19(11)12-6-7-13(20)18-15(12)21/h1-5,12H,6-7H2,(H,18,20,21). The SMILES string of the molecule is O=C1CCC(N2C(=O)c3cccc4c(F)ccc2c34)C(=O)N1. The largest absolute Gasteiger partial charge is 0.295 e. The Bertz CT molecular complexity index is 862. The van der Waals surface area contributed by atoms with E-state index in [2.05, 4.69) is 5.32 Å². The van der Waals surface area contributed by atoms with Gasteiger partial charge in [-0.3, -0.25) is 24.6 Å². The summed E-state index contributed by atoms with van der Waals surface area (Å²) in [5, 5.41) is 3.14. The van der Waals surface area contributed by atoms with Gasteiger partial charge in [-0.1, -0.05) is 12.1 Å². The van der Waals surface area contributed by atoms with Gasteiger partial charge in [0.2, 0.25) is 11.8 Å². The van der Waals surface area contributed by atoms with Crippen molar-refractivity contribution in [2.24, 2.45) is 0 Å². The van der Waals surface area contributed by atoms with E-state index in [1.54, 1.807) is 18.2 Å². The molecule has 1 N–H and O–H groups in total. The number of piperidine rings is 1. The average molecular weight is 298 g/mol. The first-order valence-corrected chi connectivity index (χ1v) is 6.96. The van der Waals surface area contributed by atoms with Crippen molar-refractivity contribution in [1.29, 1.82) is 0 Å². The van der Waals surface area contributed by atoms with Crippen LogP contribution in [0.3, 0.4) is 0 Å². The zero-order valence-corrected chi connectivity index (χ0v) is 11.4. The van der Waals surface area contributed by atoms with Gasteiger partial charge in [-0.2, -0.15) is 0 Å². The molecule has 22 heavy (non-hydrogen) atoms. The molecule has 0 bridgehead atoms. The van der Waals surface area contributed by atoms with E-state index in [0.29, 0.717) is 22.0 Å². The van der Waals surface area contributed by atoms with Crippen molar-refractivity contribution in [2.45, 2.75) is 18.9 Å². The lowest BCUT2D eigenvalue weighted by molar-refractivity contribution is -0.134. The number of anilines is 1. The molecule has 0 aliphatic carbocycles. The number of carbonyl (C=O) groups is 3. The molecule has 1 saturated heterocycles. The van der Waals surface area contributed by atoms with Crippen LogP contribution in [0.15, 0.2) is 30.3 Å². The number of carbonyl (C=O) groups excluding carboxylic acids is 3. The molecule has 1 unspecified atom stereocenters. The molecule has 0 spiro atoms. The summed E-state index contributed by atoms with van der Waals surface area (Å²) >= 11 is 0. The monoisotopic (exact) mass is 298 g/mol. The maximum atomic E-state index is 13.9. The minimum absolute atomic E-state index is 0.181. The molecule has 0 aromatic heterocycles. The first kappa shape index (κ1) is 12.9. The molecule has 0 radical (unpaired) electrons. The second kappa shape index (κ2) is 4.37. The molecule has 4 rings (SSSR count). The molecule has 2 aromatic carbocycles. The number of nitrogens with zero attached hydrogens (tertiary/aromatic N) is 1. The second-order valence-electron chi connectivity index (χ2n) is 5.44. The average Bonchev–Trinajstić information content (AvgIpc) is 2.78. The van der Waals surface area contributed by atoms with Gasteiger partial charge in [-0.05, 0) is 24.6 Å². The van der Waals surface area contributed by atoms with Crippen molar-refractivity contribution < 1.29 is 18.8 Å². The van der Waals surface area contributed by atoms with E-state index in [9.17, 15) is 18.8 Å². The van der Waals surface area contributed by atoms with Crippen LogP contribution in [0.4, 0.5) is 10.1 Å². The van der Waals surface area contributed by atoms with E-state index >= 15 is 0 Å². The molecule has 5 nitrogen and oxygen atoms in total. The Morgan fingerprint density at radius 3 is 2.73 bits per heavy atom. The fourth-order valence-corrected chi connectivity index (χ4v) is 3.21. The Kier molecular flexibility index (Phi) is 2.57. The Labute approximate surface area is 124 Å². The summed E-state index contributed by atoms with van der Waals surface area (Å²) in [7, 11) is 0. The third-order valence-electron chi connectivity index (χ3n) is 4.20. The summed E-state index contributed by atoms with van der Waals surface area (Å²) in [4.78, 5) is 37.4. The Balaban J connectivity index is 1.89. The number of nitrogens with one attached hydrogen (secondary N) is 1. The fraction of sp³-hybridized carbons (Fsp3) is 0.188. The number of hydrogen-bond acceptors (Lipinski definition) is 3. The molecule has 3 amide bonds. The summed E-state index contributed by atoms with van der Waals surface area (Å²) in [6.45, 7) is 0. The molecule has 6 heteroatoms. The van der Waals surface area contributed by atoms with Gasteiger partial charge in [-0.15, -0.1) is 0 Å². The molecule has 1 atom stereocenters. The van der Waals surface area contributed by atoms with Gasteiger partial charge in [0, 0.05) is 22.8 Å². The van der Waals surface area contributed by atoms with E-state index < -0.39 is 17.8 Å². The minimum Gasteiger partial charge on any atom is -0.295 e. The Morgan fingerprint density at radius 2 is 1.95 bits per heavy atom. The summed E-state index contributed by atoms with van der Waals surface area (Å²) < 4.78 is 13.9. The molecule has 2 aliphatic rings. The fourth-order valence-electron chi connectivity index (χ4n) is 3.21. The van der Waals surface area contributed by atoms with Crippen LogP contribution in [-0.2, 0) is 9.59 Å². The number of imide groups is 1. The molecular formula is C16H11FN2O3. The van der Waals surface area contributed by atoms with E-state index in [1.807, 2.05) is 0 Å². The van der Waals surface area contributed by atoms with Crippen LogP contribution in [0, 0.1) is 5.82 Å². The first-order valence-electron chi connectivity index (χ1n) is 6.96. The predicted octanol–water partition coefficient (Wildman–Crippen LogP) is 1.74. The van der Waals surface area contributed by atoms with Gasteiger partial charge in [0.05, 0.1) is 5.69 Å². The van der Waals surface area contributed by atoms with Gasteiger partial charge < -0.3 is 0 Å². The molecule has 2 aliphatic heterocycles.